The Kier molecular flexibility index (Phi) is 11.0. The van der Waals surface area contributed by atoms with Crippen molar-refractivity contribution in [1.82, 2.24) is 14.1 Å². The van der Waals surface area contributed by atoms with E-state index in [1.807, 2.05) is 225 Å². The monoisotopic (exact) mass is 1300 g/mol. The Labute approximate surface area is 532 Å². The number of hydrogen-bond donors (Lipinski definition) is 0. The van der Waals surface area contributed by atoms with E-state index < -0.39 is 30.5 Å². The minimum atomic E-state index is -2.82. The van der Waals surface area contributed by atoms with Crippen LogP contribution in [-0.2, 0) is 33.5 Å². The van der Waals surface area contributed by atoms with E-state index in [1.54, 1.807) is 36.4 Å². The average molecular weight is 1300 g/mol. The minimum absolute atomic E-state index is 0. The van der Waals surface area contributed by atoms with Gasteiger partial charge in [-0.05, 0) is 121 Å². The summed E-state index contributed by atoms with van der Waals surface area (Å²) in [7, 11) is 0. The number of imidazole rings is 1. The molecule has 1 aliphatic heterocycles. The van der Waals surface area contributed by atoms with Crippen molar-refractivity contribution in [2.75, 3.05) is 9.80 Å². The van der Waals surface area contributed by atoms with Crippen LogP contribution in [0.15, 0.2) is 273 Å². The molecule has 418 valence electrons. The number of fused-ring (bicyclic) bond motifs is 5. The van der Waals surface area contributed by atoms with E-state index in [0.717, 1.165) is 32.5 Å². The van der Waals surface area contributed by atoms with Crippen LogP contribution in [0.3, 0.4) is 0 Å². The van der Waals surface area contributed by atoms with E-state index in [-0.39, 0.29) is 90.7 Å². The maximum absolute atomic E-state index is 10.4. The number of anilines is 4. The Morgan fingerprint density at radius 1 is 0.488 bits per heavy atom. The summed E-state index contributed by atoms with van der Waals surface area (Å²) < 4.78 is 114. The van der Waals surface area contributed by atoms with Gasteiger partial charge in [0, 0.05) is 77.4 Å². The molecule has 0 aliphatic carbocycles. The van der Waals surface area contributed by atoms with Crippen molar-refractivity contribution < 1.29 is 40.9 Å². The van der Waals surface area contributed by atoms with E-state index in [0.29, 0.717) is 78.0 Å². The number of benzene rings is 12. The van der Waals surface area contributed by atoms with Crippen LogP contribution < -0.4 is 14.5 Å². The molecule has 0 saturated heterocycles. The molecule has 0 spiro atoms. The van der Waals surface area contributed by atoms with Gasteiger partial charge in [-0.25, -0.2) is 4.98 Å². The molecule has 15 rings (SSSR count). The summed E-state index contributed by atoms with van der Waals surface area (Å²) in [5.41, 5.74) is 10.8. The van der Waals surface area contributed by atoms with E-state index >= 15 is 0 Å². The number of rotatable bonds is 11. The quantitative estimate of drug-likeness (QED) is 0.121. The smallest absolute Gasteiger partial charge is 0.213 e. The summed E-state index contributed by atoms with van der Waals surface area (Å²) in [6, 6.07) is 76.3. The van der Waals surface area contributed by atoms with E-state index in [1.165, 1.54) is 4.57 Å². The summed E-state index contributed by atoms with van der Waals surface area (Å²) in [4.78, 5) is 8.90. The molecule has 86 heavy (non-hydrogen) atoms. The van der Waals surface area contributed by atoms with Crippen molar-refractivity contribution in [3.63, 3.8) is 0 Å². The van der Waals surface area contributed by atoms with Crippen molar-refractivity contribution in [1.29, 1.82) is 0 Å². The predicted molar refractivity (Wildman–Crippen MR) is 352 cm³/mol. The molecule has 2 aromatic heterocycles. The van der Waals surface area contributed by atoms with Crippen LogP contribution in [0.5, 0.6) is 11.5 Å². The molecule has 6 nitrogen and oxygen atoms in total. The first-order chi connectivity index (χ1) is 46.3. The molecule has 0 radical (unpaired) electrons. The molecule has 0 N–H and O–H groups in total. The fourth-order valence-electron chi connectivity index (χ4n) is 11.5. The molecule has 0 atom stereocenters. The third-order valence-corrected chi connectivity index (χ3v) is 15.5. The van der Waals surface area contributed by atoms with E-state index in [4.69, 9.17) is 16.6 Å². The van der Waals surface area contributed by atoms with Gasteiger partial charge in [0.2, 0.25) is 5.95 Å². The normalized spacial score (nSPS) is 14.2. The number of ether oxygens (including phenoxy) is 1. The summed E-state index contributed by atoms with van der Waals surface area (Å²) in [5.74, 6) is 0.0903. The van der Waals surface area contributed by atoms with Gasteiger partial charge < -0.3 is 23.7 Å². The number of aryl methyl sites for hydroxylation is 1. The van der Waals surface area contributed by atoms with Crippen LogP contribution in [0, 0.1) is 18.8 Å². The van der Waals surface area contributed by atoms with Gasteiger partial charge in [0.25, 0.3) is 0 Å². The van der Waals surface area contributed by atoms with Crippen LogP contribution >= 0.6 is 0 Å². The van der Waals surface area contributed by atoms with E-state index in [2.05, 4.69) is 12.1 Å². The molecule has 14 aromatic rings. The average Bonchev–Trinajstić information content (AvgIpc) is 1.60. The predicted octanol–water partition coefficient (Wildman–Crippen LogP) is 20.8. The first-order valence-electron chi connectivity index (χ1n) is 33.6. The fourth-order valence-corrected chi connectivity index (χ4v) is 11.5. The van der Waals surface area contributed by atoms with Gasteiger partial charge in [-0.3, -0.25) is 0 Å². The van der Waals surface area contributed by atoms with Gasteiger partial charge in [0.05, 0.1) is 22.0 Å². The van der Waals surface area contributed by atoms with Crippen molar-refractivity contribution in [2.24, 2.45) is 6.98 Å². The molecule has 3 heterocycles. The Morgan fingerprint density at radius 2 is 1.02 bits per heavy atom. The summed E-state index contributed by atoms with van der Waals surface area (Å²) in [5, 5.41) is 0.450. The summed E-state index contributed by atoms with van der Waals surface area (Å²) >= 11 is 0. The maximum atomic E-state index is 10.4. The number of aromatic nitrogens is 3. The van der Waals surface area contributed by atoms with Crippen LogP contribution in [-0.4, -0.2) is 14.1 Å². The Bertz CT molecular complexity index is 5300. The van der Waals surface area contributed by atoms with Gasteiger partial charge in [0.1, 0.15) is 0 Å². The van der Waals surface area contributed by atoms with Gasteiger partial charge in [0.15, 0.2) is 0 Å². The molecule has 0 unspecified atom stereocenters. The van der Waals surface area contributed by atoms with Crippen molar-refractivity contribution in [3.05, 3.63) is 297 Å². The molecule has 12 aromatic carbocycles. The zero-order valence-corrected chi connectivity index (χ0v) is 49.2. The first kappa shape index (κ1) is 42.7. The van der Waals surface area contributed by atoms with Gasteiger partial charge in [-0.15, -0.1) is 53.6 Å². The van der Waals surface area contributed by atoms with Crippen LogP contribution in [0.25, 0.3) is 106 Å². The number of hydrogen-bond acceptors (Lipinski definition) is 4. The van der Waals surface area contributed by atoms with Crippen LogP contribution in [0.1, 0.15) is 41.4 Å². The fraction of sp³-hybridized carbons (Fsp3) is 0.0633. The zero-order valence-electron chi connectivity index (χ0n) is 57.9. The first-order valence-corrected chi connectivity index (χ1v) is 28.1. The molecule has 0 saturated carbocycles. The topological polar surface area (TPSA) is 38.5 Å². The van der Waals surface area contributed by atoms with Crippen molar-refractivity contribution >= 4 is 55.6 Å². The number of nitrogens with zero attached hydrogens (tertiary/aromatic N) is 5. The van der Waals surface area contributed by atoms with Crippen LogP contribution in [0.4, 0.5) is 22.7 Å². The SMILES string of the molecule is [2H]c1c(-c2ccccc2)c([2H])c(-c2ccccc2)c(-c2cc(Oc3[c-]c4c(cc3)c3c([2H])c([2H])c([2H])c([2H])c3n4-c3nc4ccccc4n3C([2H])([2H])[2H])[c-]c(N3[CH-]N(c4c(-c5ccccc5)c([2H])c(C(C)(C)C)c([2H])c4-c4ccccc4)c4ccccc43)c2)c1-c1ccccc1.[Pt]. The molecule has 0 amide bonds. The Balaban J connectivity index is 0.00000807. The standard InChI is InChI=1S/C79H58N5O.Pt/c1-79(2,3)60-48-68(56-32-16-8-17-33-56)77(69(49-60)57-34-18-9-19-35-57)83-52-82(73-40-24-25-41-74(73)83)61-44-59(76-66(54-28-12-6-13-29-54)46-58(53-26-10-5-11-27-53)47-67(76)55-30-14-7-15-31-55)45-63(50-61)85-62-42-43-65-64-36-20-22-38-71(64)84(75(65)51-62)78-80-70-37-21-23-39-72(70)81(78)4;/h5-49,52H,1-4H3;/q-3;/i4D3,20D,22D,36D,38D,46D,47D,48D,49D;. The van der Waals surface area contributed by atoms with E-state index in [9.17, 15) is 8.22 Å². The summed E-state index contributed by atoms with van der Waals surface area (Å²) in [6.07, 6.45) is 0. The molecule has 0 fully saturated rings. The second-order valence-corrected chi connectivity index (χ2v) is 22.0. The van der Waals surface area contributed by atoms with Crippen LogP contribution in [0.2, 0.25) is 0 Å². The number of para-hydroxylation sites is 5. The molecular formula is C79H58N5OPt-3. The third kappa shape index (κ3) is 9.66. The van der Waals surface area contributed by atoms with Crippen molar-refractivity contribution in [3.8, 4) is 84.2 Å². The Hall–Kier alpha value is -10.0. The largest absolute Gasteiger partial charge is 0.509 e. The summed E-state index contributed by atoms with van der Waals surface area (Å²) in [6.45, 7) is 5.24. The molecule has 1 aliphatic rings. The van der Waals surface area contributed by atoms with Gasteiger partial charge >= 0.3 is 0 Å². The molecule has 7 heteroatoms. The zero-order chi connectivity index (χ0) is 66.6. The maximum Gasteiger partial charge on any atom is 0.213 e. The van der Waals surface area contributed by atoms with Crippen molar-refractivity contribution in [2.45, 2.75) is 26.2 Å². The molecular weight excluding hydrogens is 1230 g/mol. The van der Waals surface area contributed by atoms with Gasteiger partial charge in [-0.2, -0.15) is 6.07 Å². The second-order valence-electron chi connectivity index (χ2n) is 22.0. The molecule has 0 bridgehead atoms. The van der Waals surface area contributed by atoms with Gasteiger partial charge in [-0.1, -0.05) is 220 Å². The Morgan fingerprint density at radius 3 is 1.62 bits per heavy atom. The minimum Gasteiger partial charge on any atom is -0.509 e. The second kappa shape index (κ2) is 22.2. The third-order valence-electron chi connectivity index (χ3n) is 15.5.